The fourth-order valence-electron chi connectivity index (χ4n) is 1.38. The molecular weight excluding hydrogens is 231 g/mol. The van der Waals surface area contributed by atoms with Crippen LogP contribution in [-0.2, 0) is 6.42 Å². The summed E-state index contributed by atoms with van der Waals surface area (Å²) >= 11 is 5.26. The molecule has 1 aromatic heterocycles. The summed E-state index contributed by atoms with van der Waals surface area (Å²) in [5.74, 6) is 0.467. The maximum absolute atomic E-state index is 12.6. The molecule has 0 unspecified atom stereocenters. The van der Waals surface area contributed by atoms with E-state index in [1.807, 2.05) is 0 Å². The van der Waals surface area contributed by atoms with Gasteiger partial charge < -0.3 is 4.42 Å². The number of benzene rings is 1. The maximum atomic E-state index is 12.6. The molecule has 0 spiro atoms. The molecule has 0 fully saturated rings. The van der Waals surface area contributed by atoms with Gasteiger partial charge in [0, 0.05) is 6.42 Å². The minimum absolute atomic E-state index is 0.124. The zero-order valence-corrected chi connectivity index (χ0v) is 9.00. The second-order valence-electron chi connectivity index (χ2n) is 3.34. The summed E-state index contributed by atoms with van der Waals surface area (Å²) < 4.78 is 17.9. The van der Waals surface area contributed by atoms with E-state index in [9.17, 15) is 9.18 Å². The van der Waals surface area contributed by atoms with E-state index in [0.717, 1.165) is 5.56 Å². The minimum Gasteiger partial charge on any atom is -0.456 e. The smallest absolute Gasteiger partial charge is 0.287 e. The zero-order valence-electron chi connectivity index (χ0n) is 8.24. The van der Waals surface area contributed by atoms with Gasteiger partial charge in [0.2, 0.25) is 0 Å². The summed E-state index contributed by atoms with van der Waals surface area (Å²) in [6.07, 6.45) is 0.504. The number of carbonyl (C=O) groups is 1. The largest absolute Gasteiger partial charge is 0.456 e. The molecule has 1 heterocycles. The third kappa shape index (κ3) is 2.49. The van der Waals surface area contributed by atoms with E-state index >= 15 is 0 Å². The van der Waals surface area contributed by atoms with Crippen molar-refractivity contribution in [1.29, 1.82) is 0 Å². The van der Waals surface area contributed by atoms with Crippen LogP contribution in [0.3, 0.4) is 0 Å². The van der Waals surface area contributed by atoms with Gasteiger partial charge in [0.1, 0.15) is 11.6 Å². The number of furan rings is 1. The van der Waals surface area contributed by atoms with E-state index in [1.165, 1.54) is 18.2 Å². The van der Waals surface area contributed by atoms with Gasteiger partial charge in [-0.2, -0.15) is 0 Å². The molecule has 4 heteroatoms. The van der Waals surface area contributed by atoms with Gasteiger partial charge in [-0.05, 0) is 41.4 Å². The van der Waals surface area contributed by atoms with Crippen LogP contribution in [-0.4, -0.2) is 5.24 Å². The number of hydrogen-bond donors (Lipinski definition) is 0. The van der Waals surface area contributed by atoms with Gasteiger partial charge >= 0.3 is 0 Å². The highest BCUT2D eigenvalue weighted by atomic mass is 35.5. The Labute approximate surface area is 96.6 Å². The zero-order chi connectivity index (χ0) is 11.5. The summed E-state index contributed by atoms with van der Waals surface area (Å²) in [6.45, 7) is 0. The van der Waals surface area contributed by atoms with Gasteiger partial charge in [0.05, 0.1) is 0 Å². The molecule has 0 saturated heterocycles. The van der Waals surface area contributed by atoms with Crippen molar-refractivity contribution in [3.05, 3.63) is 59.3 Å². The van der Waals surface area contributed by atoms with Crippen molar-refractivity contribution in [2.45, 2.75) is 6.42 Å². The SMILES string of the molecule is O=C(Cl)c1ccc(Cc2ccc(F)cc2)o1. The van der Waals surface area contributed by atoms with Gasteiger partial charge in [-0.3, -0.25) is 4.79 Å². The molecule has 0 N–H and O–H groups in total. The van der Waals surface area contributed by atoms with Gasteiger partial charge in [0.15, 0.2) is 5.76 Å². The lowest BCUT2D eigenvalue weighted by Gasteiger charge is -1.97. The third-order valence-electron chi connectivity index (χ3n) is 2.15. The molecule has 2 aromatic rings. The second kappa shape index (κ2) is 4.49. The van der Waals surface area contributed by atoms with Crippen LogP contribution in [0.1, 0.15) is 21.9 Å². The highest BCUT2D eigenvalue weighted by molar-refractivity contribution is 6.67. The highest BCUT2D eigenvalue weighted by Crippen LogP contribution is 2.15. The van der Waals surface area contributed by atoms with Crippen molar-refractivity contribution >= 4 is 16.8 Å². The van der Waals surface area contributed by atoms with Crippen molar-refractivity contribution in [2.24, 2.45) is 0 Å². The van der Waals surface area contributed by atoms with Crippen molar-refractivity contribution < 1.29 is 13.6 Å². The van der Waals surface area contributed by atoms with Gasteiger partial charge in [-0.15, -0.1) is 0 Å². The first kappa shape index (κ1) is 10.9. The monoisotopic (exact) mass is 238 g/mol. The van der Waals surface area contributed by atoms with Crippen LogP contribution in [0.4, 0.5) is 4.39 Å². The Hall–Kier alpha value is -1.61. The predicted octanol–water partition coefficient (Wildman–Crippen LogP) is 3.39. The van der Waals surface area contributed by atoms with Crippen LogP contribution in [0.25, 0.3) is 0 Å². The molecule has 0 atom stereocenters. The summed E-state index contributed by atoms with van der Waals surface area (Å²) in [5, 5.41) is -0.620. The molecule has 1 aromatic carbocycles. The molecule has 0 bridgehead atoms. The Bertz CT molecular complexity index is 502. The van der Waals surface area contributed by atoms with Crippen molar-refractivity contribution in [2.75, 3.05) is 0 Å². The van der Waals surface area contributed by atoms with Crippen LogP contribution in [0.5, 0.6) is 0 Å². The Kier molecular flexibility index (Phi) is 3.06. The molecule has 0 aliphatic carbocycles. The molecule has 0 aliphatic heterocycles. The van der Waals surface area contributed by atoms with Crippen LogP contribution in [0.15, 0.2) is 40.8 Å². The summed E-state index contributed by atoms with van der Waals surface area (Å²) in [7, 11) is 0. The first-order valence-corrected chi connectivity index (χ1v) is 5.06. The summed E-state index contributed by atoms with van der Waals surface area (Å²) in [5.41, 5.74) is 0.907. The van der Waals surface area contributed by atoms with E-state index < -0.39 is 5.24 Å². The van der Waals surface area contributed by atoms with Crippen LogP contribution < -0.4 is 0 Å². The maximum Gasteiger partial charge on any atom is 0.287 e. The van der Waals surface area contributed by atoms with Gasteiger partial charge in [-0.25, -0.2) is 4.39 Å². The van der Waals surface area contributed by atoms with Gasteiger partial charge in [0.25, 0.3) is 5.24 Å². The molecular formula is C12H8ClFO2. The standard InChI is InChI=1S/C12H8ClFO2/c13-12(15)11-6-5-10(16-11)7-8-1-3-9(14)4-2-8/h1-6H,7H2. The average molecular weight is 239 g/mol. The van der Waals surface area contributed by atoms with Crippen molar-refractivity contribution in [3.63, 3.8) is 0 Å². The lowest BCUT2D eigenvalue weighted by atomic mass is 10.1. The quantitative estimate of drug-likeness (QED) is 0.768. The summed E-state index contributed by atoms with van der Waals surface area (Å²) in [4.78, 5) is 10.8. The molecule has 0 radical (unpaired) electrons. The molecule has 0 amide bonds. The third-order valence-corrected chi connectivity index (χ3v) is 2.33. The Balaban J connectivity index is 2.14. The highest BCUT2D eigenvalue weighted by Gasteiger charge is 2.08. The van der Waals surface area contributed by atoms with E-state index in [1.54, 1.807) is 18.2 Å². The first-order valence-electron chi connectivity index (χ1n) is 4.68. The molecule has 0 aliphatic rings. The Morgan fingerprint density at radius 3 is 2.44 bits per heavy atom. The Morgan fingerprint density at radius 1 is 1.19 bits per heavy atom. The predicted molar refractivity (Wildman–Crippen MR) is 58.1 cm³/mol. The Morgan fingerprint density at radius 2 is 1.88 bits per heavy atom. The van der Waals surface area contributed by atoms with Crippen molar-refractivity contribution in [3.8, 4) is 0 Å². The molecule has 2 rings (SSSR count). The number of halogens is 2. The number of hydrogen-bond acceptors (Lipinski definition) is 2. The van der Waals surface area contributed by atoms with Crippen LogP contribution >= 0.6 is 11.6 Å². The lowest BCUT2D eigenvalue weighted by Crippen LogP contribution is -1.87. The molecule has 0 saturated carbocycles. The van der Waals surface area contributed by atoms with Crippen LogP contribution in [0.2, 0.25) is 0 Å². The average Bonchev–Trinajstić information content (AvgIpc) is 2.70. The number of rotatable bonds is 3. The molecule has 16 heavy (non-hydrogen) atoms. The first-order chi connectivity index (χ1) is 7.65. The molecule has 82 valence electrons. The van der Waals surface area contributed by atoms with E-state index in [2.05, 4.69) is 0 Å². The summed E-state index contributed by atoms with van der Waals surface area (Å²) in [6, 6.07) is 9.30. The fourth-order valence-corrected chi connectivity index (χ4v) is 1.48. The number of carbonyl (C=O) groups excluding carboxylic acids is 1. The minimum atomic E-state index is -0.620. The second-order valence-corrected chi connectivity index (χ2v) is 3.69. The lowest BCUT2D eigenvalue weighted by molar-refractivity contribution is 0.105. The van der Waals surface area contributed by atoms with E-state index in [4.69, 9.17) is 16.0 Å². The van der Waals surface area contributed by atoms with E-state index in [-0.39, 0.29) is 11.6 Å². The van der Waals surface area contributed by atoms with Crippen LogP contribution in [0, 0.1) is 5.82 Å². The van der Waals surface area contributed by atoms with Crippen molar-refractivity contribution in [1.82, 2.24) is 0 Å². The topological polar surface area (TPSA) is 30.2 Å². The fraction of sp³-hybridized carbons (Fsp3) is 0.0833. The molecule has 2 nitrogen and oxygen atoms in total. The normalized spacial score (nSPS) is 10.4. The van der Waals surface area contributed by atoms with E-state index in [0.29, 0.717) is 12.2 Å². The van der Waals surface area contributed by atoms with Gasteiger partial charge in [-0.1, -0.05) is 12.1 Å².